The van der Waals surface area contributed by atoms with Crippen molar-refractivity contribution in [1.29, 1.82) is 0 Å². The number of halogens is 1. The molecule has 480 valence electrons. The molecule has 12 rings (SSSR count). The topological polar surface area (TPSA) is 308 Å². The van der Waals surface area contributed by atoms with Crippen molar-refractivity contribution in [1.82, 2.24) is 38.6 Å². The zero-order chi connectivity index (χ0) is 62.7. The summed E-state index contributed by atoms with van der Waals surface area (Å²) in [5, 5.41) is 45.7. The second-order valence-corrected chi connectivity index (χ2v) is 23.1. The Bertz CT molecular complexity index is 4350. The summed E-state index contributed by atoms with van der Waals surface area (Å²) in [6, 6.07) is 30.1. The van der Waals surface area contributed by atoms with E-state index in [0.29, 0.717) is 150 Å². The van der Waals surface area contributed by atoms with E-state index >= 15 is 0 Å². The molecular formula is C62H71BrN14O13S. The Labute approximate surface area is 534 Å². The number of para-hydroxylation sites is 3. The molecule has 0 aliphatic carbocycles. The van der Waals surface area contributed by atoms with E-state index in [2.05, 4.69) is 26.1 Å². The second kappa shape index (κ2) is 29.1. The number of aryl methyl sites for hydroxylation is 2. The van der Waals surface area contributed by atoms with Gasteiger partial charge in [-0.3, -0.25) is 64.2 Å². The minimum absolute atomic E-state index is 0. The fourth-order valence-electron chi connectivity index (χ4n) is 11.4. The van der Waals surface area contributed by atoms with E-state index in [1.165, 1.54) is 45.3 Å². The smallest absolute Gasteiger partial charge is 0.357 e. The van der Waals surface area contributed by atoms with Gasteiger partial charge in [0.25, 0.3) is 17.7 Å². The molecular weight excluding hydrogens is 1260 g/mol. The molecule has 9 heterocycles. The Morgan fingerprint density at radius 3 is 1.34 bits per heavy atom. The van der Waals surface area contributed by atoms with Crippen LogP contribution in [0.2, 0.25) is 0 Å². The molecule has 91 heavy (non-hydrogen) atoms. The quantitative estimate of drug-likeness (QED) is 0.0930. The molecule has 3 amide bonds. The maximum absolute atomic E-state index is 13.2. The number of nitrogens with one attached hydrogen (secondary N) is 1. The van der Waals surface area contributed by atoms with Crippen LogP contribution >= 0.6 is 27.3 Å². The number of carbonyl (C=O) groups is 3. The van der Waals surface area contributed by atoms with Gasteiger partial charge in [0.15, 0.2) is 10.4 Å². The first kappa shape index (κ1) is 68.5. The third-order valence-electron chi connectivity index (χ3n) is 15.6. The summed E-state index contributed by atoms with van der Waals surface area (Å²) in [7, 11) is 3.06. The Hall–Kier alpha value is -10.0. The average molecular weight is 1330 g/mol. The summed E-state index contributed by atoms with van der Waals surface area (Å²) in [4.78, 5) is 121. The minimum Gasteiger partial charge on any atom is -0.444 e. The normalized spacial score (nSPS) is 14.0. The third kappa shape index (κ3) is 13.8. The van der Waals surface area contributed by atoms with Crippen molar-refractivity contribution in [3.63, 3.8) is 0 Å². The van der Waals surface area contributed by atoms with Crippen molar-refractivity contribution in [2.45, 2.75) is 42.7 Å². The molecule has 0 atom stereocenters. The maximum atomic E-state index is 13.2. The monoisotopic (exact) mass is 1330 g/mol. The van der Waals surface area contributed by atoms with Crippen molar-refractivity contribution in [3.05, 3.63) is 197 Å². The molecule has 0 radical (unpaired) electrons. The zero-order valence-corrected chi connectivity index (χ0v) is 50.5. The molecule has 27 nitrogen and oxygen atoms in total. The van der Waals surface area contributed by atoms with Gasteiger partial charge in [-0.2, -0.15) is 5.10 Å². The van der Waals surface area contributed by atoms with Gasteiger partial charge in [-0.05, 0) is 69.7 Å². The number of aromatic amines is 1. The zero-order valence-electron chi connectivity index (χ0n) is 48.1. The highest BCUT2D eigenvalue weighted by atomic mass is 79.9. The summed E-state index contributed by atoms with van der Waals surface area (Å²) in [6.07, 6.45) is 1.51. The standard InChI is InChI=1S/C22H24N4O4S.C19H17BrN4O5.C18H18N6O4.3CH4/c1-15(2)14-25-17-7-4-3-6-16(17)19(20(22(25)28)26(29)30)23-9-11-24(12-10-23)21(27)18-8-5-13-31-18;1-21-13-5-3-2-4-12(13)16(17(19(21)26)24(27)28)22-8-10-23(11-9-22)18(25)14-6-7-15(20)29-14;1-21-14-5-3-2-4-12(14)15(16(18(21)26)24(27)28)22-8-10-23(11-9-22)17(25)13-6-7-19-20-13;;;/h3-8,13,15H,9-12,14H2,1-2H3;2-7H,8-11H2,1H3;2-7H,8-11H2,1H3,(H,19,20);3*1H4. The number of rotatable bonds is 11. The first-order chi connectivity index (χ1) is 42.2. The van der Waals surface area contributed by atoms with Crippen molar-refractivity contribution in [2.24, 2.45) is 20.0 Å². The van der Waals surface area contributed by atoms with Crippen molar-refractivity contribution in [2.75, 3.05) is 93.2 Å². The molecule has 3 saturated heterocycles. The number of anilines is 3. The van der Waals surface area contributed by atoms with Gasteiger partial charge >= 0.3 is 33.7 Å². The Morgan fingerprint density at radius 1 is 0.549 bits per heavy atom. The van der Waals surface area contributed by atoms with Crippen LogP contribution in [0.25, 0.3) is 32.7 Å². The van der Waals surface area contributed by atoms with Crippen LogP contribution in [0.15, 0.2) is 138 Å². The Kier molecular flexibility index (Phi) is 21.9. The number of nitro groups is 3. The second-order valence-electron chi connectivity index (χ2n) is 21.3. The van der Waals surface area contributed by atoms with Crippen LogP contribution < -0.4 is 31.4 Å². The predicted molar refractivity (Wildman–Crippen MR) is 355 cm³/mol. The van der Waals surface area contributed by atoms with E-state index in [0.717, 1.165) is 0 Å². The summed E-state index contributed by atoms with van der Waals surface area (Å²) < 4.78 is 9.91. The van der Waals surface area contributed by atoms with Crippen molar-refractivity contribution in [3.8, 4) is 0 Å². The van der Waals surface area contributed by atoms with Crippen LogP contribution in [0.4, 0.5) is 34.1 Å². The first-order valence-electron chi connectivity index (χ1n) is 28.0. The lowest BCUT2D eigenvalue weighted by Gasteiger charge is -2.36. The van der Waals surface area contributed by atoms with E-state index in [-0.39, 0.29) is 51.7 Å². The number of benzene rings is 3. The number of hydrogen-bond acceptors (Lipinski definition) is 18. The number of hydrogen-bond donors (Lipinski definition) is 1. The average Bonchev–Trinajstić information content (AvgIpc) is 1.30. The lowest BCUT2D eigenvalue weighted by molar-refractivity contribution is -0.385. The third-order valence-corrected chi connectivity index (χ3v) is 16.9. The van der Waals surface area contributed by atoms with E-state index in [4.69, 9.17) is 4.42 Å². The molecule has 3 fully saturated rings. The number of aromatic nitrogens is 5. The number of amides is 3. The van der Waals surface area contributed by atoms with Gasteiger partial charge in [0.05, 0.1) is 36.2 Å². The number of nitrogens with zero attached hydrogens (tertiary/aromatic N) is 13. The van der Waals surface area contributed by atoms with Gasteiger partial charge in [-0.15, -0.1) is 11.3 Å². The van der Waals surface area contributed by atoms with Gasteiger partial charge in [-0.25, -0.2) is 0 Å². The van der Waals surface area contributed by atoms with E-state index < -0.39 is 48.5 Å². The molecule has 3 aromatic carbocycles. The number of pyridine rings is 3. The van der Waals surface area contributed by atoms with Crippen molar-refractivity contribution >= 4 is 112 Å². The molecule has 9 aromatic rings. The highest BCUT2D eigenvalue weighted by molar-refractivity contribution is 9.10. The van der Waals surface area contributed by atoms with E-state index in [1.807, 2.05) is 64.3 Å². The largest absolute Gasteiger partial charge is 0.444 e. The molecule has 0 bridgehead atoms. The highest BCUT2D eigenvalue weighted by Gasteiger charge is 2.36. The fraction of sp³-hybridized carbons (Fsp3) is 0.339. The summed E-state index contributed by atoms with van der Waals surface area (Å²) in [6.45, 7) is 9.10. The lowest BCUT2D eigenvalue weighted by Crippen LogP contribution is -2.49. The Morgan fingerprint density at radius 2 is 0.956 bits per heavy atom. The number of thiophene rings is 1. The minimum atomic E-state index is -0.650. The van der Waals surface area contributed by atoms with Gasteiger partial charge in [0.2, 0.25) is 0 Å². The number of carbonyl (C=O) groups excluding carboxylic acids is 3. The van der Waals surface area contributed by atoms with Gasteiger partial charge < -0.3 is 47.5 Å². The van der Waals surface area contributed by atoms with Crippen LogP contribution in [0.5, 0.6) is 0 Å². The summed E-state index contributed by atoms with van der Waals surface area (Å²) >= 11 is 4.58. The van der Waals surface area contributed by atoms with Gasteiger partial charge in [-0.1, -0.05) is 96.8 Å². The Balaban J connectivity index is 0.000000191. The van der Waals surface area contributed by atoms with Crippen LogP contribution in [0, 0.1) is 36.3 Å². The molecule has 6 aromatic heterocycles. The first-order valence-corrected chi connectivity index (χ1v) is 29.7. The van der Waals surface area contributed by atoms with Crippen LogP contribution in [0.1, 0.15) is 66.8 Å². The number of piperazine rings is 3. The van der Waals surface area contributed by atoms with Crippen molar-refractivity contribution < 1.29 is 33.6 Å². The van der Waals surface area contributed by atoms with Crippen LogP contribution in [-0.2, 0) is 20.6 Å². The highest BCUT2D eigenvalue weighted by Crippen LogP contribution is 2.37. The van der Waals surface area contributed by atoms with E-state index in [9.17, 15) is 59.1 Å². The number of furan rings is 1. The number of H-pyrrole nitrogens is 1. The van der Waals surface area contributed by atoms with Gasteiger partial charge in [0.1, 0.15) is 22.8 Å². The summed E-state index contributed by atoms with van der Waals surface area (Å²) in [5.74, 6) is -0.0331. The van der Waals surface area contributed by atoms with E-state index in [1.54, 1.807) is 87.5 Å². The predicted octanol–water partition coefficient (Wildman–Crippen LogP) is 9.39. The van der Waals surface area contributed by atoms with Crippen LogP contribution in [-0.4, -0.2) is 150 Å². The molecule has 0 unspecified atom stereocenters. The lowest BCUT2D eigenvalue weighted by atomic mass is 10.1. The summed E-state index contributed by atoms with van der Waals surface area (Å²) in [5.41, 5.74) is 0.181. The van der Waals surface area contributed by atoms with Gasteiger partial charge in [0, 0.05) is 122 Å². The molecule has 1 N–H and O–H groups in total. The molecule has 3 aliphatic rings. The molecule has 29 heteroatoms. The van der Waals surface area contributed by atoms with Crippen LogP contribution in [0.3, 0.4) is 0 Å². The SMILES string of the molecule is C.C.C.CC(C)Cn1c(=O)c([N+](=O)[O-])c(N2CCN(C(=O)c3cccs3)CC2)c2ccccc21.Cn1c(=O)c([N+](=O)[O-])c(N2CCN(C(=O)c3ccc(Br)o3)CC2)c2ccccc21.Cn1c(=O)c([N+](=O)[O-])c(N2CCN(C(=O)c3ccn[nH]3)CC2)c2ccccc21. The molecule has 0 saturated carbocycles. The maximum Gasteiger partial charge on any atom is 0.357 e. The molecule has 0 spiro atoms. The molecule has 3 aliphatic heterocycles. The fourth-order valence-corrected chi connectivity index (χ4v) is 12.4. The number of fused-ring (bicyclic) bond motifs is 3.